The van der Waals surface area contributed by atoms with Crippen LogP contribution in [0.5, 0.6) is 0 Å². The maximum Gasteiger partial charge on any atom is 0.490 e. The van der Waals surface area contributed by atoms with Crippen molar-refractivity contribution in [1.82, 2.24) is 10.3 Å². The molecule has 2 N–H and O–H groups in total. The maximum atomic E-state index is 12.5. The summed E-state index contributed by atoms with van der Waals surface area (Å²) in [6.45, 7) is 2.03. The van der Waals surface area contributed by atoms with Crippen LogP contribution in [0.15, 0.2) is 41.9 Å². The van der Waals surface area contributed by atoms with Crippen LogP contribution in [0, 0.1) is 0 Å². The number of aromatic nitrogens is 1. The lowest BCUT2D eigenvalue weighted by Crippen LogP contribution is -2.30. The fraction of sp³-hybridized carbons (Fsp3) is 0.350. The molecule has 0 bridgehead atoms. The molecule has 2 unspecified atom stereocenters. The Balaban J connectivity index is 1.45. The van der Waals surface area contributed by atoms with Crippen molar-refractivity contribution >= 4 is 51.6 Å². The van der Waals surface area contributed by atoms with Crippen molar-refractivity contribution in [3.63, 3.8) is 0 Å². The highest BCUT2D eigenvalue weighted by atomic mass is 35.5. The summed E-state index contributed by atoms with van der Waals surface area (Å²) >= 11 is 7.89. The van der Waals surface area contributed by atoms with Crippen LogP contribution in [0.25, 0.3) is 5.70 Å². The first-order valence-corrected chi connectivity index (χ1v) is 12.2. The first-order chi connectivity index (χ1) is 14.8. The average Bonchev–Trinajstić information content (AvgIpc) is 3.24. The predicted molar refractivity (Wildman–Crippen MR) is 121 cm³/mol. The second-order valence-electron chi connectivity index (χ2n) is 7.20. The molecule has 3 heterocycles. The number of thioether (sulfide) groups is 1. The van der Waals surface area contributed by atoms with Crippen molar-refractivity contribution in [2.75, 3.05) is 22.7 Å². The van der Waals surface area contributed by atoms with Crippen LogP contribution in [0.1, 0.15) is 35.8 Å². The Morgan fingerprint density at radius 3 is 2.68 bits per heavy atom. The number of nitrogens with one attached hydrogen (secondary N) is 2. The summed E-state index contributed by atoms with van der Waals surface area (Å²) in [5.41, 5.74) is -2.29. The molecule has 31 heavy (non-hydrogen) atoms. The average molecular weight is 489 g/mol. The van der Waals surface area contributed by atoms with E-state index in [1.807, 2.05) is 22.4 Å². The SMILES string of the molecule is O=S(Nc1ccc(C2=CSC(c3ccnc(N4CCCCC4)c3)N2)c(Cl)c1)C(F)(F)F. The summed E-state index contributed by atoms with van der Waals surface area (Å²) in [4.78, 5) is 6.82. The highest BCUT2D eigenvalue weighted by Crippen LogP contribution is 2.40. The molecule has 0 aliphatic carbocycles. The second-order valence-corrected chi connectivity index (χ2v) is 9.79. The van der Waals surface area contributed by atoms with Crippen LogP contribution in [-0.4, -0.2) is 27.8 Å². The van der Waals surface area contributed by atoms with E-state index in [1.165, 1.54) is 31.4 Å². The minimum absolute atomic E-state index is 0.0202. The normalized spacial score (nSPS) is 20.2. The van der Waals surface area contributed by atoms with E-state index in [-0.39, 0.29) is 16.1 Å². The number of halogens is 4. The van der Waals surface area contributed by atoms with Crippen LogP contribution in [0.2, 0.25) is 5.02 Å². The number of hydrogen-bond donors (Lipinski definition) is 2. The van der Waals surface area contributed by atoms with Gasteiger partial charge in [0.15, 0.2) is 0 Å². The Kier molecular flexibility index (Phi) is 6.68. The summed E-state index contributed by atoms with van der Waals surface area (Å²) in [5, 5.41) is 5.59. The molecule has 0 radical (unpaired) electrons. The van der Waals surface area contributed by atoms with Gasteiger partial charge in [0.2, 0.25) is 11.0 Å². The predicted octanol–water partition coefficient (Wildman–Crippen LogP) is 5.65. The number of rotatable bonds is 5. The van der Waals surface area contributed by atoms with Crippen molar-refractivity contribution in [3.8, 4) is 0 Å². The van der Waals surface area contributed by atoms with Gasteiger partial charge in [-0.25, -0.2) is 9.19 Å². The van der Waals surface area contributed by atoms with Gasteiger partial charge in [-0.1, -0.05) is 11.6 Å². The quantitative estimate of drug-likeness (QED) is 0.569. The highest BCUT2D eigenvalue weighted by Gasteiger charge is 2.37. The summed E-state index contributed by atoms with van der Waals surface area (Å²) in [6.07, 6.45) is 5.42. The molecular formula is C20H20ClF3N4OS2. The van der Waals surface area contributed by atoms with Gasteiger partial charge in [0.1, 0.15) is 11.2 Å². The third-order valence-corrected chi connectivity index (χ3v) is 7.23. The molecule has 1 aromatic heterocycles. The molecule has 4 rings (SSSR count). The second kappa shape index (κ2) is 9.30. The smallest absolute Gasteiger partial charge is 0.368 e. The zero-order chi connectivity index (χ0) is 22.0. The maximum absolute atomic E-state index is 12.5. The molecule has 2 aliphatic heterocycles. The van der Waals surface area contributed by atoms with Gasteiger partial charge in [0, 0.05) is 30.5 Å². The zero-order valence-electron chi connectivity index (χ0n) is 16.3. The Hall–Kier alpha value is -1.91. The molecule has 1 fully saturated rings. The zero-order valence-corrected chi connectivity index (χ0v) is 18.7. The number of hydrogen-bond acceptors (Lipinski definition) is 5. The highest BCUT2D eigenvalue weighted by molar-refractivity contribution is 8.02. The number of benzene rings is 1. The molecule has 0 amide bonds. The fourth-order valence-corrected chi connectivity index (χ4v) is 5.21. The lowest BCUT2D eigenvalue weighted by Gasteiger charge is -2.28. The van der Waals surface area contributed by atoms with Crippen molar-refractivity contribution in [2.45, 2.75) is 30.1 Å². The third kappa shape index (κ3) is 5.30. The Morgan fingerprint density at radius 2 is 1.97 bits per heavy atom. The van der Waals surface area contributed by atoms with E-state index in [9.17, 15) is 17.4 Å². The van der Waals surface area contributed by atoms with E-state index >= 15 is 0 Å². The van der Waals surface area contributed by atoms with Crippen molar-refractivity contribution in [3.05, 3.63) is 58.1 Å². The number of pyridine rings is 1. The first kappa shape index (κ1) is 22.3. The fourth-order valence-electron chi connectivity index (χ4n) is 3.50. The summed E-state index contributed by atoms with van der Waals surface area (Å²) < 4.78 is 50.6. The number of alkyl halides is 3. The first-order valence-electron chi connectivity index (χ1n) is 9.69. The van der Waals surface area contributed by atoms with Crippen LogP contribution in [0.3, 0.4) is 0 Å². The molecule has 11 heteroatoms. The largest absolute Gasteiger partial charge is 0.490 e. The lowest BCUT2D eigenvalue weighted by atomic mass is 10.1. The van der Waals surface area contributed by atoms with Crippen LogP contribution in [-0.2, 0) is 11.0 Å². The molecule has 166 valence electrons. The van der Waals surface area contributed by atoms with Crippen molar-refractivity contribution in [2.24, 2.45) is 0 Å². The minimum atomic E-state index is -4.85. The lowest BCUT2D eigenvalue weighted by molar-refractivity contribution is -0.0379. The Morgan fingerprint density at radius 1 is 1.19 bits per heavy atom. The van der Waals surface area contributed by atoms with Crippen molar-refractivity contribution in [1.29, 1.82) is 0 Å². The van der Waals surface area contributed by atoms with Crippen LogP contribution in [0.4, 0.5) is 24.7 Å². The summed E-state index contributed by atoms with van der Waals surface area (Å²) in [6, 6.07) is 8.42. The molecular weight excluding hydrogens is 469 g/mol. The third-order valence-electron chi connectivity index (χ3n) is 5.04. The number of anilines is 2. The van der Waals surface area contributed by atoms with Gasteiger partial charge in [-0.2, -0.15) is 13.2 Å². The molecule has 2 aromatic rings. The van der Waals surface area contributed by atoms with E-state index in [1.54, 1.807) is 17.8 Å². The number of piperidine rings is 1. The van der Waals surface area contributed by atoms with E-state index in [2.05, 4.69) is 21.3 Å². The van der Waals surface area contributed by atoms with E-state index < -0.39 is 16.5 Å². The van der Waals surface area contributed by atoms with Gasteiger partial charge in [0.05, 0.1) is 10.7 Å². The van der Waals surface area contributed by atoms with Gasteiger partial charge in [-0.05, 0) is 60.6 Å². The van der Waals surface area contributed by atoms with E-state index in [0.717, 1.165) is 30.2 Å². The molecule has 0 spiro atoms. The van der Waals surface area contributed by atoms with Gasteiger partial charge >= 0.3 is 5.51 Å². The molecule has 1 aromatic carbocycles. The number of nitrogens with zero attached hydrogens (tertiary/aromatic N) is 2. The molecule has 2 aliphatic rings. The molecule has 0 saturated carbocycles. The Labute approximate surface area is 190 Å². The standard InChI is InChI=1S/C20H20ClF3N4OS2/c21-16-11-14(27-31(29)20(22,23)24)4-5-15(16)17-12-30-19(26-17)13-6-7-25-18(10-13)28-8-2-1-3-9-28/h4-7,10-12,19,26-27H,1-3,8-9H2. The van der Waals surface area contributed by atoms with E-state index in [0.29, 0.717) is 5.56 Å². The van der Waals surface area contributed by atoms with E-state index in [4.69, 9.17) is 11.6 Å². The van der Waals surface area contributed by atoms with Gasteiger partial charge < -0.3 is 10.2 Å². The Bertz CT molecular complexity index is 1010. The summed E-state index contributed by atoms with van der Waals surface area (Å²) in [7, 11) is -3.19. The minimum Gasteiger partial charge on any atom is -0.368 e. The topological polar surface area (TPSA) is 57.3 Å². The van der Waals surface area contributed by atoms with Crippen LogP contribution < -0.4 is 14.9 Å². The summed E-state index contributed by atoms with van der Waals surface area (Å²) in [5.74, 6) is 0.971. The molecule has 5 nitrogen and oxygen atoms in total. The monoisotopic (exact) mass is 488 g/mol. The van der Waals surface area contributed by atoms with Crippen LogP contribution >= 0.6 is 23.4 Å². The molecule has 1 saturated heterocycles. The van der Waals surface area contributed by atoms with Crippen molar-refractivity contribution < 1.29 is 17.4 Å². The molecule has 2 atom stereocenters. The van der Waals surface area contributed by atoms with Gasteiger partial charge in [0.25, 0.3) is 0 Å². The van der Waals surface area contributed by atoms with Gasteiger partial charge in [-0.3, -0.25) is 4.72 Å². The van der Waals surface area contributed by atoms with Gasteiger partial charge in [-0.15, -0.1) is 11.8 Å².